The normalized spacial score (nSPS) is 15.0. The fourth-order valence-corrected chi connectivity index (χ4v) is 2.65. The third-order valence-electron chi connectivity index (χ3n) is 4.31. The number of rotatable bonds is 5. The van der Waals surface area contributed by atoms with Crippen molar-refractivity contribution in [1.29, 1.82) is 0 Å². The van der Waals surface area contributed by atoms with Crippen LogP contribution in [0.15, 0.2) is 36.4 Å². The van der Waals surface area contributed by atoms with Gasteiger partial charge in [0.2, 0.25) is 0 Å². The number of hydrogen-bond donors (Lipinski definition) is 1. The topological polar surface area (TPSA) is 70.6 Å². The van der Waals surface area contributed by atoms with E-state index in [4.69, 9.17) is 4.74 Å². The van der Waals surface area contributed by atoms with Crippen LogP contribution in [-0.2, 0) is 6.54 Å². The number of carbonyl (C=O) groups excluding carboxylic acids is 1. The number of carbonyl (C=O) groups is 1. The average molecular weight is 341 g/mol. The summed E-state index contributed by atoms with van der Waals surface area (Å²) in [5.41, 5.74) is 1.50. The largest absolute Gasteiger partial charge is 0.497 e. The van der Waals surface area contributed by atoms with Gasteiger partial charge in [-0.2, -0.15) is 0 Å². The van der Waals surface area contributed by atoms with E-state index in [0.717, 1.165) is 37.5 Å². The van der Waals surface area contributed by atoms with Gasteiger partial charge in [-0.1, -0.05) is 12.1 Å². The van der Waals surface area contributed by atoms with Gasteiger partial charge in [0, 0.05) is 32.7 Å². The lowest BCUT2D eigenvalue weighted by Gasteiger charge is -2.32. The maximum absolute atomic E-state index is 12.4. The predicted octanol–water partition coefficient (Wildman–Crippen LogP) is 1.48. The zero-order valence-corrected chi connectivity index (χ0v) is 14.6. The lowest BCUT2D eigenvalue weighted by molar-refractivity contribution is 0.0657. The third kappa shape index (κ3) is 4.45. The summed E-state index contributed by atoms with van der Waals surface area (Å²) in [6, 6.07) is 11.3. The standard InChI is InChI=1S/C18H23N5O2/c1-22-9-11-23(12-10-22)18(24)16-7-8-17(21-20-16)19-13-14-3-5-15(25-2)6-4-14/h3-8H,9-13H2,1-2H3,(H,19,21). The van der Waals surface area contributed by atoms with Crippen molar-refractivity contribution in [1.82, 2.24) is 20.0 Å². The highest BCUT2D eigenvalue weighted by atomic mass is 16.5. The number of hydrogen-bond acceptors (Lipinski definition) is 6. The first kappa shape index (κ1) is 17.2. The Morgan fingerprint density at radius 1 is 1.08 bits per heavy atom. The number of piperazine rings is 1. The Kier molecular flexibility index (Phi) is 5.45. The Labute approximate surface area is 147 Å². The van der Waals surface area contributed by atoms with E-state index < -0.39 is 0 Å². The van der Waals surface area contributed by atoms with Crippen molar-refractivity contribution in [3.05, 3.63) is 47.7 Å². The molecular formula is C18H23N5O2. The fourth-order valence-electron chi connectivity index (χ4n) is 2.65. The van der Waals surface area contributed by atoms with Crippen LogP contribution in [0, 0.1) is 0 Å². The summed E-state index contributed by atoms with van der Waals surface area (Å²) in [7, 11) is 3.71. The minimum Gasteiger partial charge on any atom is -0.497 e. The SMILES string of the molecule is COc1ccc(CNc2ccc(C(=O)N3CCN(C)CC3)nn2)cc1. The van der Waals surface area contributed by atoms with Gasteiger partial charge in [-0.05, 0) is 36.9 Å². The van der Waals surface area contributed by atoms with Crippen molar-refractivity contribution < 1.29 is 9.53 Å². The predicted molar refractivity (Wildman–Crippen MR) is 95.8 cm³/mol. The number of methoxy groups -OCH3 is 1. The second-order valence-electron chi connectivity index (χ2n) is 6.10. The van der Waals surface area contributed by atoms with Crippen LogP contribution < -0.4 is 10.1 Å². The Balaban J connectivity index is 1.55. The summed E-state index contributed by atoms with van der Waals surface area (Å²) in [5, 5.41) is 11.4. The van der Waals surface area contributed by atoms with E-state index in [0.29, 0.717) is 18.1 Å². The molecule has 2 aromatic rings. The van der Waals surface area contributed by atoms with Gasteiger partial charge in [-0.3, -0.25) is 4.79 Å². The Bertz CT molecular complexity index is 694. The minimum absolute atomic E-state index is 0.0534. The van der Waals surface area contributed by atoms with Gasteiger partial charge in [0.25, 0.3) is 5.91 Å². The molecule has 1 N–H and O–H groups in total. The number of likely N-dealkylation sites (N-methyl/N-ethyl adjacent to an activating group) is 1. The van der Waals surface area contributed by atoms with Gasteiger partial charge in [0.05, 0.1) is 7.11 Å². The molecule has 1 fully saturated rings. The highest BCUT2D eigenvalue weighted by Gasteiger charge is 2.21. The van der Waals surface area contributed by atoms with Crippen molar-refractivity contribution in [2.75, 3.05) is 45.7 Å². The number of ether oxygens (including phenoxy) is 1. The monoisotopic (exact) mass is 341 g/mol. The van der Waals surface area contributed by atoms with E-state index in [9.17, 15) is 4.79 Å². The molecule has 25 heavy (non-hydrogen) atoms. The van der Waals surface area contributed by atoms with Gasteiger partial charge < -0.3 is 19.9 Å². The van der Waals surface area contributed by atoms with Crippen LogP contribution >= 0.6 is 0 Å². The van der Waals surface area contributed by atoms with Crippen LogP contribution in [0.5, 0.6) is 5.75 Å². The van der Waals surface area contributed by atoms with Crippen molar-refractivity contribution in [2.24, 2.45) is 0 Å². The first-order valence-corrected chi connectivity index (χ1v) is 8.34. The molecule has 0 bridgehead atoms. The van der Waals surface area contributed by atoms with E-state index in [-0.39, 0.29) is 5.91 Å². The van der Waals surface area contributed by atoms with Gasteiger partial charge in [0.1, 0.15) is 11.6 Å². The molecule has 0 atom stereocenters. The highest BCUT2D eigenvalue weighted by Crippen LogP contribution is 2.13. The molecule has 1 aromatic carbocycles. The number of anilines is 1. The molecule has 1 saturated heterocycles. The van der Waals surface area contributed by atoms with Crippen LogP contribution in [0.4, 0.5) is 5.82 Å². The Hall–Kier alpha value is -2.67. The summed E-state index contributed by atoms with van der Waals surface area (Å²) in [6.07, 6.45) is 0. The third-order valence-corrected chi connectivity index (χ3v) is 4.31. The summed E-state index contributed by atoms with van der Waals surface area (Å²) in [5.74, 6) is 1.42. The Morgan fingerprint density at radius 2 is 1.80 bits per heavy atom. The molecule has 0 unspecified atom stereocenters. The molecule has 0 radical (unpaired) electrons. The molecule has 7 nitrogen and oxygen atoms in total. The fraction of sp³-hybridized carbons (Fsp3) is 0.389. The number of nitrogens with zero attached hydrogens (tertiary/aromatic N) is 4. The first-order chi connectivity index (χ1) is 12.2. The van der Waals surface area contributed by atoms with Gasteiger partial charge in [-0.15, -0.1) is 10.2 Å². The first-order valence-electron chi connectivity index (χ1n) is 8.34. The van der Waals surface area contributed by atoms with Gasteiger partial charge in [-0.25, -0.2) is 0 Å². The quantitative estimate of drug-likeness (QED) is 0.888. The second-order valence-corrected chi connectivity index (χ2v) is 6.10. The van der Waals surface area contributed by atoms with Gasteiger partial charge in [0.15, 0.2) is 5.69 Å². The molecule has 1 amide bonds. The molecule has 2 heterocycles. The van der Waals surface area contributed by atoms with Crippen molar-refractivity contribution in [3.8, 4) is 5.75 Å². The molecular weight excluding hydrogens is 318 g/mol. The number of benzene rings is 1. The van der Waals surface area contributed by atoms with E-state index in [2.05, 4.69) is 27.5 Å². The number of nitrogens with one attached hydrogen (secondary N) is 1. The molecule has 132 valence electrons. The minimum atomic E-state index is -0.0534. The van der Waals surface area contributed by atoms with Crippen LogP contribution in [-0.4, -0.2) is 66.2 Å². The zero-order valence-electron chi connectivity index (χ0n) is 14.6. The molecule has 7 heteroatoms. The lowest BCUT2D eigenvalue weighted by atomic mass is 10.2. The zero-order chi connectivity index (χ0) is 17.6. The molecule has 0 aliphatic carbocycles. The van der Waals surface area contributed by atoms with Crippen molar-refractivity contribution in [2.45, 2.75) is 6.54 Å². The van der Waals surface area contributed by atoms with Gasteiger partial charge >= 0.3 is 0 Å². The molecule has 1 aliphatic heterocycles. The second kappa shape index (κ2) is 7.94. The maximum atomic E-state index is 12.4. The molecule has 1 aromatic heterocycles. The van der Waals surface area contributed by atoms with Crippen LogP contribution in [0.2, 0.25) is 0 Å². The maximum Gasteiger partial charge on any atom is 0.274 e. The van der Waals surface area contributed by atoms with Crippen LogP contribution in [0.1, 0.15) is 16.1 Å². The number of amides is 1. The van der Waals surface area contributed by atoms with E-state index in [1.54, 1.807) is 19.2 Å². The van der Waals surface area contributed by atoms with E-state index in [1.807, 2.05) is 29.2 Å². The summed E-state index contributed by atoms with van der Waals surface area (Å²) >= 11 is 0. The smallest absolute Gasteiger partial charge is 0.274 e. The summed E-state index contributed by atoms with van der Waals surface area (Å²) < 4.78 is 5.14. The highest BCUT2D eigenvalue weighted by molar-refractivity contribution is 5.92. The average Bonchev–Trinajstić information content (AvgIpc) is 2.67. The van der Waals surface area contributed by atoms with Crippen molar-refractivity contribution >= 4 is 11.7 Å². The van der Waals surface area contributed by atoms with Crippen LogP contribution in [0.25, 0.3) is 0 Å². The summed E-state index contributed by atoms with van der Waals surface area (Å²) in [6.45, 7) is 3.87. The van der Waals surface area contributed by atoms with E-state index in [1.165, 1.54) is 0 Å². The summed E-state index contributed by atoms with van der Waals surface area (Å²) in [4.78, 5) is 16.5. The molecule has 1 aliphatic rings. The van der Waals surface area contributed by atoms with Crippen LogP contribution in [0.3, 0.4) is 0 Å². The molecule has 3 rings (SSSR count). The molecule has 0 spiro atoms. The van der Waals surface area contributed by atoms with Crippen molar-refractivity contribution in [3.63, 3.8) is 0 Å². The Morgan fingerprint density at radius 3 is 2.40 bits per heavy atom. The van der Waals surface area contributed by atoms with E-state index >= 15 is 0 Å². The number of aromatic nitrogens is 2. The molecule has 0 saturated carbocycles. The lowest BCUT2D eigenvalue weighted by Crippen LogP contribution is -2.47.